The first kappa shape index (κ1) is 19.2. The Morgan fingerprint density at radius 2 is 1.90 bits per heavy atom. The second kappa shape index (κ2) is 8.14. The Hall–Kier alpha value is -3.81. The molecule has 7 nitrogen and oxygen atoms in total. The Balaban J connectivity index is 1.26. The largest absolute Gasteiger partial charge is 0.354 e. The fraction of sp³-hybridized carbons (Fsp3) is 0.217. The average Bonchev–Trinajstić information content (AvgIpc) is 3.22. The lowest BCUT2D eigenvalue weighted by Crippen LogP contribution is -2.41. The molecule has 1 atom stereocenters. The van der Waals surface area contributed by atoms with Gasteiger partial charge in [-0.2, -0.15) is 0 Å². The predicted molar refractivity (Wildman–Crippen MR) is 117 cm³/mol. The minimum Gasteiger partial charge on any atom is -0.354 e. The van der Waals surface area contributed by atoms with Crippen molar-refractivity contribution in [1.29, 1.82) is 0 Å². The van der Waals surface area contributed by atoms with E-state index in [9.17, 15) is 9.18 Å². The van der Waals surface area contributed by atoms with Gasteiger partial charge in [-0.15, -0.1) is 10.2 Å². The van der Waals surface area contributed by atoms with E-state index in [2.05, 4.69) is 30.4 Å². The zero-order valence-corrected chi connectivity index (χ0v) is 16.8. The minimum absolute atomic E-state index is 0.0559. The molecule has 0 bridgehead atoms. The summed E-state index contributed by atoms with van der Waals surface area (Å²) in [7, 11) is 0. The summed E-state index contributed by atoms with van der Waals surface area (Å²) < 4.78 is 13.1. The number of amides is 1. The van der Waals surface area contributed by atoms with E-state index in [1.54, 1.807) is 12.1 Å². The van der Waals surface area contributed by atoms with Gasteiger partial charge < -0.3 is 9.88 Å². The summed E-state index contributed by atoms with van der Waals surface area (Å²) in [4.78, 5) is 22.5. The highest BCUT2D eigenvalue weighted by atomic mass is 19.1. The van der Waals surface area contributed by atoms with Crippen LogP contribution in [0.2, 0.25) is 0 Å². The van der Waals surface area contributed by atoms with Crippen molar-refractivity contribution in [3.05, 3.63) is 66.5 Å². The summed E-state index contributed by atoms with van der Waals surface area (Å²) in [5.74, 6) is 0.688. The van der Waals surface area contributed by atoms with E-state index in [0.29, 0.717) is 18.2 Å². The van der Waals surface area contributed by atoms with Crippen LogP contribution in [0.25, 0.3) is 22.3 Å². The van der Waals surface area contributed by atoms with Crippen molar-refractivity contribution in [3.63, 3.8) is 0 Å². The number of para-hydroxylation sites is 2. The van der Waals surface area contributed by atoms with Crippen LogP contribution < -0.4 is 10.2 Å². The first-order chi connectivity index (χ1) is 15.2. The number of aromatic nitrogens is 4. The van der Waals surface area contributed by atoms with E-state index in [4.69, 9.17) is 0 Å². The third kappa shape index (κ3) is 4.09. The number of anilines is 2. The molecule has 2 aromatic heterocycles. The van der Waals surface area contributed by atoms with Crippen LogP contribution in [0.15, 0.2) is 60.7 Å². The molecule has 5 rings (SSSR count). The van der Waals surface area contributed by atoms with Crippen molar-refractivity contribution in [2.75, 3.05) is 23.3 Å². The molecule has 1 amide bonds. The summed E-state index contributed by atoms with van der Waals surface area (Å²) in [6.07, 6.45) is 1.70. The van der Waals surface area contributed by atoms with Crippen LogP contribution in [0.3, 0.4) is 0 Å². The van der Waals surface area contributed by atoms with Crippen LogP contribution in [0.1, 0.15) is 12.8 Å². The fourth-order valence-electron chi connectivity index (χ4n) is 3.90. The molecule has 31 heavy (non-hydrogen) atoms. The standard InChI is InChI=1S/C23H21FN6O/c24-17-9-7-15(8-10-17)18-11-12-21(29-28-18)30-13-3-4-16(14-30)22(31)27-23-25-19-5-1-2-6-20(19)26-23/h1-2,5-12,16H,3-4,13-14H2,(H2,25,26,27,31). The first-order valence-electron chi connectivity index (χ1n) is 10.3. The number of piperidine rings is 1. The number of rotatable bonds is 4. The van der Waals surface area contributed by atoms with Crippen molar-refractivity contribution < 1.29 is 9.18 Å². The van der Waals surface area contributed by atoms with E-state index in [1.165, 1.54) is 12.1 Å². The number of benzene rings is 2. The SMILES string of the molecule is O=C(Nc1nc2ccccc2[nH]1)C1CCCN(c2ccc(-c3ccc(F)cc3)nn2)C1. The number of aromatic amines is 1. The lowest BCUT2D eigenvalue weighted by Gasteiger charge is -2.32. The summed E-state index contributed by atoms with van der Waals surface area (Å²) >= 11 is 0. The van der Waals surface area contributed by atoms with E-state index < -0.39 is 0 Å². The maximum absolute atomic E-state index is 13.1. The van der Waals surface area contributed by atoms with E-state index in [-0.39, 0.29) is 17.6 Å². The first-order valence-corrected chi connectivity index (χ1v) is 10.3. The monoisotopic (exact) mass is 416 g/mol. The molecule has 0 aliphatic carbocycles. The molecule has 2 N–H and O–H groups in total. The minimum atomic E-state index is -0.284. The summed E-state index contributed by atoms with van der Waals surface area (Å²) in [5, 5.41) is 11.5. The molecule has 0 spiro atoms. The zero-order chi connectivity index (χ0) is 21.2. The fourth-order valence-corrected chi connectivity index (χ4v) is 3.90. The number of fused-ring (bicyclic) bond motifs is 1. The van der Waals surface area contributed by atoms with Gasteiger partial charge in [0.2, 0.25) is 11.9 Å². The van der Waals surface area contributed by atoms with Crippen LogP contribution in [-0.2, 0) is 4.79 Å². The van der Waals surface area contributed by atoms with Gasteiger partial charge in [-0.25, -0.2) is 9.37 Å². The normalized spacial score (nSPS) is 16.4. The van der Waals surface area contributed by atoms with Crippen LogP contribution >= 0.6 is 0 Å². The highest BCUT2D eigenvalue weighted by Crippen LogP contribution is 2.24. The molecular weight excluding hydrogens is 395 g/mol. The van der Waals surface area contributed by atoms with Gasteiger partial charge in [0.05, 0.1) is 22.6 Å². The van der Waals surface area contributed by atoms with Crippen LogP contribution in [-0.4, -0.2) is 39.2 Å². The van der Waals surface area contributed by atoms with Gasteiger partial charge in [0.25, 0.3) is 0 Å². The third-order valence-electron chi connectivity index (χ3n) is 5.54. The second-order valence-electron chi connectivity index (χ2n) is 7.66. The molecule has 4 aromatic rings. The number of hydrogen-bond acceptors (Lipinski definition) is 5. The molecule has 0 saturated carbocycles. The van der Waals surface area contributed by atoms with Gasteiger partial charge >= 0.3 is 0 Å². The Bertz CT molecular complexity index is 1170. The van der Waals surface area contributed by atoms with E-state index in [1.807, 2.05) is 36.4 Å². The van der Waals surface area contributed by atoms with Gasteiger partial charge in [0.15, 0.2) is 5.82 Å². The van der Waals surface area contributed by atoms with Crippen LogP contribution in [0, 0.1) is 11.7 Å². The molecule has 1 unspecified atom stereocenters. The molecule has 0 radical (unpaired) electrons. The number of carbonyl (C=O) groups excluding carboxylic acids is 1. The molecule has 8 heteroatoms. The second-order valence-corrected chi connectivity index (χ2v) is 7.66. The smallest absolute Gasteiger partial charge is 0.231 e. The number of H-pyrrole nitrogens is 1. The van der Waals surface area contributed by atoms with Crippen molar-refractivity contribution in [1.82, 2.24) is 20.2 Å². The maximum Gasteiger partial charge on any atom is 0.231 e. The Morgan fingerprint density at radius 3 is 2.68 bits per heavy atom. The van der Waals surface area contributed by atoms with Gasteiger partial charge in [-0.1, -0.05) is 12.1 Å². The van der Waals surface area contributed by atoms with Crippen molar-refractivity contribution in [3.8, 4) is 11.3 Å². The van der Waals surface area contributed by atoms with Gasteiger partial charge in [-0.3, -0.25) is 10.1 Å². The summed E-state index contributed by atoms with van der Waals surface area (Å²) in [5.41, 5.74) is 3.20. The summed E-state index contributed by atoms with van der Waals surface area (Å²) in [6, 6.07) is 17.6. The molecular formula is C23H21FN6O. The number of halogens is 1. The zero-order valence-electron chi connectivity index (χ0n) is 16.8. The average molecular weight is 416 g/mol. The quantitative estimate of drug-likeness (QED) is 0.525. The maximum atomic E-state index is 13.1. The van der Waals surface area contributed by atoms with E-state index >= 15 is 0 Å². The van der Waals surface area contributed by atoms with Crippen LogP contribution in [0.4, 0.5) is 16.2 Å². The Morgan fingerprint density at radius 1 is 1.06 bits per heavy atom. The number of imidazole rings is 1. The molecule has 1 fully saturated rings. The highest BCUT2D eigenvalue weighted by molar-refractivity contribution is 5.93. The van der Waals surface area contributed by atoms with Crippen molar-refractivity contribution >= 4 is 28.7 Å². The highest BCUT2D eigenvalue weighted by Gasteiger charge is 2.27. The van der Waals surface area contributed by atoms with E-state index in [0.717, 1.165) is 41.8 Å². The number of nitrogens with one attached hydrogen (secondary N) is 2. The lowest BCUT2D eigenvalue weighted by atomic mass is 9.97. The number of hydrogen-bond donors (Lipinski definition) is 2. The molecule has 1 aliphatic heterocycles. The molecule has 3 heterocycles. The van der Waals surface area contributed by atoms with Gasteiger partial charge in [0.1, 0.15) is 5.82 Å². The molecule has 1 aliphatic rings. The van der Waals surface area contributed by atoms with Gasteiger partial charge in [-0.05, 0) is 61.4 Å². The summed E-state index contributed by atoms with van der Waals surface area (Å²) in [6.45, 7) is 1.38. The third-order valence-corrected chi connectivity index (χ3v) is 5.54. The lowest BCUT2D eigenvalue weighted by molar-refractivity contribution is -0.120. The van der Waals surface area contributed by atoms with Crippen molar-refractivity contribution in [2.45, 2.75) is 12.8 Å². The number of nitrogens with zero attached hydrogens (tertiary/aromatic N) is 4. The molecule has 1 saturated heterocycles. The van der Waals surface area contributed by atoms with Crippen molar-refractivity contribution in [2.24, 2.45) is 5.92 Å². The predicted octanol–water partition coefficient (Wildman–Crippen LogP) is 4.01. The number of carbonyl (C=O) groups is 1. The Labute approximate surface area is 178 Å². The molecule has 156 valence electrons. The molecule has 2 aromatic carbocycles. The van der Waals surface area contributed by atoms with Crippen LogP contribution in [0.5, 0.6) is 0 Å². The van der Waals surface area contributed by atoms with Gasteiger partial charge in [0, 0.05) is 18.7 Å². The topological polar surface area (TPSA) is 86.8 Å². The Kier molecular flexibility index (Phi) is 5.03.